The SMILES string of the molecule is COc1ccc(OCCN2CCN(C(=O)c3ccc(SC)cc3)CC2)cc1. The zero-order valence-electron chi connectivity index (χ0n) is 15.9. The lowest BCUT2D eigenvalue weighted by Crippen LogP contribution is -2.49. The van der Waals surface area contributed by atoms with Crippen molar-refractivity contribution >= 4 is 17.7 Å². The van der Waals surface area contributed by atoms with Crippen LogP contribution in [0, 0.1) is 0 Å². The Morgan fingerprint density at radius 1 is 0.963 bits per heavy atom. The molecule has 144 valence electrons. The lowest BCUT2D eigenvalue weighted by Gasteiger charge is -2.34. The van der Waals surface area contributed by atoms with E-state index in [0.717, 1.165) is 49.8 Å². The van der Waals surface area contributed by atoms with Gasteiger partial charge in [-0.05, 0) is 54.8 Å². The monoisotopic (exact) mass is 386 g/mol. The van der Waals surface area contributed by atoms with Crippen LogP contribution in [0.25, 0.3) is 0 Å². The van der Waals surface area contributed by atoms with Crippen LogP contribution in [-0.2, 0) is 0 Å². The number of hydrogen-bond acceptors (Lipinski definition) is 5. The molecular weight excluding hydrogens is 360 g/mol. The molecule has 2 aromatic carbocycles. The highest BCUT2D eigenvalue weighted by Gasteiger charge is 2.21. The molecule has 0 unspecified atom stereocenters. The zero-order valence-corrected chi connectivity index (χ0v) is 16.7. The molecule has 1 saturated heterocycles. The molecule has 5 nitrogen and oxygen atoms in total. The summed E-state index contributed by atoms with van der Waals surface area (Å²) in [5, 5.41) is 0. The van der Waals surface area contributed by atoms with Crippen LogP contribution in [0.3, 0.4) is 0 Å². The third kappa shape index (κ3) is 5.40. The lowest BCUT2D eigenvalue weighted by molar-refractivity contribution is 0.0620. The average molecular weight is 387 g/mol. The predicted octanol–water partition coefficient (Wildman–Crippen LogP) is 3.25. The molecule has 1 amide bonds. The summed E-state index contributed by atoms with van der Waals surface area (Å²) in [6, 6.07) is 15.5. The molecule has 0 N–H and O–H groups in total. The van der Waals surface area contributed by atoms with Crippen LogP contribution in [-0.4, -0.2) is 68.4 Å². The Kier molecular flexibility index (Phi) is 7.01. The molecule has 0 atom stereocenters. The van der Waals surface area contributed by atoms with Gasteiger partial charge in [0.1, 0.15) is 18.1 Å². The molecule has 1 fully saturated rings. The number of amides is 1. The van der Waals surface area contributed by atoms with Crippen molar-refractivity contribution in [3.63, 3.8) is 0 Å². The number of thioether (sulfide) groups is 1. The number of ether oxygens (including phenoxy) is 2. The second-order valence-corrected chi connectivity index (χ2v) is 7.27. The minimum atomic E-state index is 0.122. The van der Waals surface area contributed by atoms with Crippen LogP contribution in [0.4, 0.5) is 0 Å². The quantitative estimate of drug-likeness (QED) is 0.684. The first-order valence-electron chi connectivity index (χ1n) is 9.12. The lowest BCUT2D eigenvalue weighted by atomic mass is 10.2. The summed E-state index contributed by atoms with van der Waals surface area (Å²) < 4.78 is 10.9. The summed E-state index contributed by atoms with van der Waals surface area (Å²) in [6.45, 7) is 4.76. The molecule has 1 aliphatic heterocycles. The highest BCUT2D eigenvalue weighted by atomic mass is 32.2. The topological polar surface area (TPSA) is 42.0 Å². The van der Waals surface area contributed by atoms with Gasteiger partial charge in [-0.15, -0.1) is 11.8 Å². The van der Waals surface area contributed by atoms with Gasteiger partial charge in [0, 0.05) is 43.2 Å². The molecule has 0 aliphatic carbocycles. The Hall–Kier alpha value is -2.18. The first-order valence-corrected chi connectivity index (χ1v) is 10.3. The largest absolute Gasteiger partial charge is 0.497 e. The van der Waals surface area contributed by atoms with Gasteiger partial charge in [0.2, 0.25) is 0 Å². The smallest absolute Gasteiger partial charge is 0.253 e. The van der Waals surface area contributed by atoms with Crippen molar-refractivity contribution in [2.45, 2.75) is 4.90 Å². The second-order valence-electron chi connectivity index (χ2n) is 6.39. The molecule has 0 radical (unpaired) electrons. The van der Waals surface area contributed by atoms with Crippen molar-refractivity contribution in [3.05, 3.63) is 54.1 Å². The fourth-order valence-electron chi connectivity index (χ4n) is 3.06. The van der Waals surface area contributed by atoms with Crippen molar-refractivity contribution in [2.24, 2.45) is 0 Å². The molecule has 0 spiro atoms. The Labute approximate surface area is 165 Å². The third-order valence-corrected chi connectivity index (χ3v) is 5.48. The highest BCUT2D eigenvalue weighted by molar-refractivity contribution is 7.98. The number of hydrogen-bond donors (Lipinski definition) is 0. The van der Waals surface area contributed by atoms with Crippen molar-refractivity contribution in [1.29, 1.82) is 0 Å². The van der Waals surface area contributed by atoms with Gasteiger partial charge < -0.3 is 14.4 Å². The van der Waals surface area contributed by atoms with E-state index in [9.17, 15) is 4.79 Å². The fraction of sp³-hybridized carbons (Fsp3) is 0.381. The summed E-state index contributed by atoms with van der Waals surface area (Å²) in [5.74, 6) is 1.79. The highest BCUT2D eigenvalue weighted by Crippen LogP contribution is 2.18. The standard InChI is InChI=1S/C21H26N2O3S/c1-25-18-5-7-19(8-6-18)26-16-15-22-11-13-23(14-12-22)21(24)17-3-9-20(27-2)10-4-17/h3-10H,11-16H2,1-2H3. The molecule has 27 heavy (non-hydrogen) atoms. The minimum absolute atomic E-state index is 0.122. The van der Waals surface area contributed by atoms with E-state index >= 15 is 0 Å². The summed E-state index contributed by atoms with van der Waals surface area (Å²) in [7, 11) is 1.65. The van der Waals surface area contributed by atoms with E-state index in [1.165, 1.54) is 4.90 Å². The molecule has 6 heteroatoms. The molecular formula is C21H26N2O3S. The van der Waals surface area contributed by atoms with Gasteiger partial charge in [0.05, 0.1) is 7.11 Å². The number of benzene rings is 2. The fourth-order valence-corrected chi connectivity index (χ4v) is 3.46. The van der Waals surface area contributed by atoms with Crippen molar-refractivity contribution in [2.75, 3.05) is 52.7 Å². The van der Waals surface area contributed by atoms with Gasteiger partial charge in [0.15, 0.2) is 0 Å². The van der Waals surface area contributed by atoms with Gasteiger partial charge in [-0.3, -0.25) is 9.69 Å². The third-order valence-electron chi connectivity index (χ3n) is 4.73. The normalized spacial score (nSPS) is 14.8. The number of nitrogens with zero attached hydrogens (tertiary/aromatic N) is 2. The summed E-state index contributed by atoms with van der Waals surface area (Å²) in [6.07, 6.45) is 2.04. The van der Waals surface area contributed by atoms with Crippen LogP contribution in [0.2, 0.25) is 0 Å². The van der Waals surface area contributed by atoms with E-state index in [-0.39, 0.29) is 5.91 Å². The Bertz CT molecular complexity index is 726. The molecule has 1 aliphatic rings. The maximum Gasteiger partial charge on any atom is 0.253 e. The number of piperazine rings is 1. The summed E-state index contributed by atoms with van der Waals surface area (Å²) in [5.41, 5.74) is 0.768. The van der Waals surface area contributed by atoms with E-state index < -0.39 is 0 Å². The Morgan fingerprint density at radius 3 is 2.19 bits per heavy atom. The van der Waals surface area contributed by atoms with Gasteiger partial charge in [-0.25, -0.2) is 0 Å². The van der Waals surface area contributed by atoms with Gasteiger partial charge in [-0.2, -0.15) is 0 Å². The molecule has 1 heterocycles. The molecule has 3 rings (SSSR count). The molecule has 0 bridgehead atoms. The molecule has 2 aromatic rings. The molecule has 0 saturated carbocycles. The van der Waals surface area contributed by atoms with Crippen LogP contribution < -0.4 is 9.47 Å². The van der Waals surface area contributed by atoms with Gasteiger partial charge >= 0.3 is 0 Å². The number of rotatable bonds is 7. The van der Waals surface area contributed by atoms with E-state index in [0.29, 0.717) is 6.61 Å². The van der Waals surface area contributed by atoms with Gasteiger partial charge in [-0.1, -0.05) is 0 Å². The Balaban J connectivity index is 1.40. The predicted molar refractivity (Wildman–Crippen MR) is 109 cm³/mol. The first-order chi connectivity index (χ1) is 13.2. The summed E-state index contributed by atoms with van der Waals surface area (Å²) >= 11 is 1.68. The second kappa shape index (κ2) is 9.67. The van der Waals surface area contributed by atoms with Crippen molar-refractivity contribution in [1.82, 2.24) is 9.80 Å². The van der Waals surface area contributed by atoms with E-state index in [2.05, 4.69) is 4.90 Å². The number of carbonyl (C=O) groups is 1. The van der Waals surface area contributed by atoms with Crippen molar-refractivity contribution < 1.29 is 14.3 Å². The Morgan fingerprint density at radius 2 is 1.59 bits per heavy atom. The van der Waals surface area contributed by atoms with Crippen LogP contribution >= 0.6 is 11.8 Å². The molecule has 0 aromatic heterocycles. The van der Waals surface area contributed by atoms with E-state index in [4.69, 9.17) is 9.47 Å². The van der Waals surface area contributed by atoms with Crippen LogP contribution in [0.15, 0.2) is 53.4 Å². The maximum atomic E-state index is 12.6. The summed E-state index contributed by atoms with van der Waals surface area (Å²) in [4.78, 5) is 18.1. The maximum absolute atomic E-state index is 12.6. The van der Waals surface area contributed by atoms with E-state index in [1.54, 1.807) is 18.9 Å². The van der Waals surface area contributed by atoms with Crippen molar-refractivity contribution in [3.8, 4) is 11.5 Å². The van der Waals surface area contributed by atoms with E-state index in [1.807, 2.05) is 59.7 Å². The van der Waals surface area contributed by atoms with Crippen LogP contribution in [0.1, 0.15) is 10.4 Å². The number of carbonyl (C=O) groups excluding carboxylic acids is 1. The minimum Gasteiger partial charge on any atom is -0.497 e. The number of methoxy groups -OCH3 is 1. The zero-order chi connectivity index (χ0) is 19.1. The van der Waals surface area contributed by atoms with Gasteiger partial charge in [0.25, 0.3) is 5.91 Å². The van der Waals surface area contributed by atoms with Crippen LogP contribution in [0.5, 0.6) is 11.5 Å². The average Bonchev–Trinajstić information content (AvgIpc) is 2.74. The first kappa shape index (κ1) is 19.6.